The minimum absolute atomic E-state index is 0.0687. The number of nitrogens with zero attached hydrogens (tertiary/aromatic N) is 1. The number of piperidine rings is 1. The summed E-state index contributed by atoms with van der Waals surface area (Å²) in [5.41, 5.74) is -1.62. The molecule has 272 valence electrons. The van der Waals surface area contributed by atoms with Gasteiger partial charge in [0.2, 0.25) is 11.8 Å². The van der Waals surface area contributed by atoms with Crippen molar-refractivity contribution in [1.29, 1.82) is 0 Å². The van der Waals surface area contributed by atoms with Crippen molar-refractivity contribution < 1.29 is 43.0 Å². The van der Waals surface area contributed by atoms with E-state index in [0.29, 0.717) is 25.8 Å². The third-order valence-electron chi connectivity index (χ3n) is 10.2. The third kappa shape index (κ3) is 10.1. The van der Waals surface area contributed by atoms with Crippen LogP contribution >= 0.6 is 0 Å². The fraction of sp³-hybridized carbons (Fsp3) is 0.829. The molecule has 2 heterocycles. The number of alkyl carbamates (subject to hydrolysis) is 1. The van der Waals surface area contributed by atoms with Crippen molar-refractivity contribution in [3.63, 3.8) is 0 Å². The van der Waals surface area contributed by atoms with Crippen LogP contribution in [0.2, 0.25) is 0 Å². The predicted octanol–water partition coefficient (Wildman–Crippen LogP) is 3.62. The summed E-state index contributed by atoms with van der Waals surface area (Å²) in [7, 11) is 1.19. The van der Waals surface area contributed by atoms with Crippen LogP contribution in [-0.4, -0.2) is 90.7 Å². The van der Waals surface area contributed by atoms with E-state index in [9.17, 15) is 28.8 Å². The van der Waals surface area contributed by atoms with Crippen LogP contribution in [0.1, 0.15) is 113 Å². The van der Waals surface area contributed by atoms with Gasteiger partial charge in [0.05, 0.1) is 13.2 Å². The lowest BCUT2D eigenvalue weighted by Crippen LogP contribution is -2.61. The Hall–Kier alpha value is -3.38. The Morgan fingerprint density at radius 3 is 2.17 bits per heavy atom. The largest absolute Gasteiger partial charge is 0.468 e. The van der Waals surface area contributed by atoms with Crippen LogP contribution < -0.4 is 16.0 Å². The molecule has 0 aromatic heterocycles. The molecule has 6 atom stereocenters. The van der Waals surface area contributed by atoms with E-state index in [-0.39, 0.29) is 23.2 Å². The first-order chi connectivity index (χ1) is 22.3. The van der Waals surface area contributed by atoms with Crippen LogP contribution in [0, 0.1) is 22.7 Å². The zero-order valence-electron chi connectivity index (χ0n) is 30.4. The zero-order valence-corrected chi connectivity index (χ0v) is 30.4. The quantitative estimate of drug-likeness (QED) is 0.281. The van der Waals surface area contributed by atoms with E-state index < -0.39 is 71.6 Å². The Balaban J connectivity index is 2.00. The molecule has 0 spiro atoms. The first kappa shape index (κ1) is 39.1. The second-order valence-electron chi connectivity index (χ2n) is 15.9. The molecule has 2 unspecified atom stereocenters. The highest BCUT2D eigenvalue weighted by Gasteiger charge is 2.70. The van der Waals surface area contributed by atoms with Crippen molar-refractivity contribution in [2.75, 3.05) is 20.2 Å². The Morgan fingerprint density at radius 2 is 1.58 bits per heavy atom. The third-order valence-corrected chi connectivity index (χ3v) is 10.2. The second kappa shape index (κ2) is 15.9. The average Bonchev–Trinajstić information content (AvgIpc) is 3.29. The summed E-state index contributed by atoms with van der Waals surface area (Å²) in [5.74, 6) is -3.02. The summed E-state index contributed by atoms with van der Waals surface area (Å²) >= 11 is 0. The smallest absolute Gasteiger partial charge is 0.408 e. The number of ether oxygens (including phenoxy) is 3. The van der Waals surface area contributed by atoms with Crippen LogP contribution in [-0.2, 0) is 38.2 Å². The standard InChI is InChI=1S/C35H58N4O9/c1-21(40)47-27(30(43)36-19-24(41)46-9)23-17-15-13-11-10-12-14-16-18-34(5,6)28(38-32(45)48-33(2,3)4)31(44)39-20-22-25(35(22,7)8)26(39)29(42)37-23/h22-23,25-28H,10-20H2,1-9H3,(H,36,43)(H,37,42)(H,38,45)/t22?,23-,25-,26-,27?,28+/m0/s1. The molecule has 2 aliphatic heterocycles. The summed E-state index contributed by atoms with van der Waals surface area (Å²) in [5, 5.41) is 8.31. The molecule has 1 saturated carbocycles. The molecule has 13 heteroatoms. The van der Waals surface area contributed by atoms with E-state index in [0.717, 1.165) is 38.5 Å². The van der Waals surface area contributed by atoms with E-state index in [1.54, 1.807) is 25.7 Å². The number of nitrogens with one attached hydrogen (secondary N) is 3. The van der Waals surface area contributed by atoms with Crippen LogP contribution in [0.25, 0.3) is 0 Å². The van der Waals surface area contributed by atoms with Crippen molar-refractivity contribution in [2.45, 2.75) is 143 Å². The topological polar surface area (TPSA) is 169 Å². The summed E-state index contributed by atoms with van der Waals surface area (Å²) in [6.45, 7) is 14.4. The van der Waals surface area contributed by atoms with Crippen molar-refractivity contribution in [1.82, 2.24) is 20.9 Å². The summed E-state index contributed by atoms with van der Waals surface area (Å²) in [4.78, 5) is 80.8. The van der Waals surface area contributed by atoms with Gasteiger partial charge in [-0.15, -0.1) is 0 Å². The van der Waals surface area contributed by atoms with Gasteiger partial charge in [-0.25, -0.2) is 4.79 Å². The van der Waals surface area contributed by atoms with Gasteiger partial charge in [0.1, 0.15) is 24.2 Å². The highest BCUT2D eigenvalue weighted by molar-refractivity contribution is 5.94. The van der Waals surface area contributed by atoms with Crippen molar-refractivity contribution >= 4 is 35.8 Å². The summed E-state index contributed by atoms with van der Waals surface area (Å²) in [6.07, 6.45) is 5.23. The first-order valence-electron chi connectivity index (χ1n) is 17.4. The summed E-state index contributed by atoms with van der Waals surface area (Å²) in [6, 6.07) is -2.74. The lowest BCUT2D eigenvalue weighted by molar-refractivity contribution is -0.157. The highest BCUT2D eigenvalue weighted by Crippen LogP contribution is 2.65. The maximum atomic E-state index is 14.6. The molecule has 0 aromatic carbocycles. The number of esters is 2. The second-order valence-corrected chi connectivity index (χ2v) is 15.9. The number of fused-ring (bicyclic) bond motifs is 3. The van der Waals surface area contributed by atoms with Crippen molar-refractivity contribution in [2.24, 2.45) is 22.7 Å². The van der Waals surface area contributed by atoms with Crippen molar-refractivity contribution in [3.8, 4) is 0 Å². The van der Waals surface area contributed by atoms with Gasteiger partial charge >= 0.3 is 18.0 Å². The van der Waals surface area contributed by atoms with Gasteiger partial charge in [0.15, 0.2) is 6.10 Å². The van der Waals surface area contributed by atoms with E-state index >= 15 is 0 Å². The lowest BCUT2D eigenvalue weighted by atomic mass is 9.78. The highest BCUT2D eigenvalue weighted by atomic mass is 16.6. The Kier molecular flexibility index (Phi) is 12.9. The van der Waals surface area contributed by atoms with Gasteiger partial charge in [0, 0.05) is 13.5 Å². The number of methoxy groups -OCH3 is 1. The molecule has 48 heavy (non-hydrogen) atoms. The number of amides is 4. The lowest BCUT2D eigenvalue weighted by Gasteiger charge is -2.40. The zero-order chi connectivity index (χ0) is 36.0. The van der Waals surface area contributed by atoms with Crippen LogP contribution in [0.3, 0.4) is 0 Å². The van der Waals surface area contributed by atoms with Crippen molar-refractivity contribution in [3.05, 3.63) is 0 Å². The number of rotatable bonds is 6. The molecule has 0 radical (unpaired) electrons. The molecule has 3 fully saturated rings. The van der Waals surface area contributed by atoms with Gasteiger partial charge in [-0.1, -0.05) is 72.6 Å². The predicted molar refractivity (Wildman–Crippen MR) is 177 cm³/mol. The van der Waals surface area contributed by atoms with Crippen LogP contribution in [0.5, 0.6) is 0 Å². The molecular formula is C35H58N4O9. The Labute approximate surface area is 285 Å². The Morgan fingerprint density at radius 1 is 0.979 bits per heavy atom. The minimum Gasteiger partial charge on any atom is -0.468 e. The molecule has 2 saturated heterocycles. The molecular weight excluding hydrogens is 620 g/mol. The molecule has 3 rings (SSSR count). The van der Waals surface area contributed by atoms with E-state index in [1.165, 1.54) is 14.0 Å². The van der Waals surface area contributed by atoms with Crippen LogP contribution in [0.15, 0.2) is 0 Å². The molecule has 1 aliphatic carbocycles. The monoisotopic (exact) mass is 678 g/mol. The van der Waals surface area contributed by atoms with E-state index in [4.69, 9.17) is 9.47 Å². The molecule has 0 bridgehead atoms. The minimum atomic E-state index is -1.41. The molecule has 4 amide bonds. The van der Waals surface area contributed by atoms with Gasteiger partial charge in [0.25, 0.3) is 5.91 Å². The summed E-state index contributed by atoms with van der Waals surface area (Å²) < 4.78 is 15.7. The SMILES string of the molecule is COC(=O)CNC(=O)C(OC(C)=O)[C@@H]1CCCCCCCCCC(C)(C)[C@H](NC(=O)OC(C)(C)C)C(=O)N2CC3[C@@H]([C@H]2C(=O)N1)C3(C)C. The van der Waals surface area contributed by atoms with Gasteiger partial charge in [-0.05, 0) is 56.3 Å². The fourth-order valence-corrected chi connectivity index (χ4v) is 7.37. The average molecular weight is 679 g/mol. The molecule has 13 nitrogen and oxygen atoms in total. The van der Waals surface area contributed by atoms with Gasteiger partial charge < -0.3 is 35.1 Å². The Bertz CT molecular complexity index is 1210. The van der Waals surface area contributed by atoms with E-state index in [1.807, 2.05) is 13.8 Å². The molecule has 3 N–H and O–H groups in total. The van der Waals surface area contributed by atoms with Crippen LogP contribution in [0.4, 0.5) is 4.79 Å². The maximum Gasteiger partial charge on any atom is 0.408 e. The number of carbonyl (C=O) groups excluding carboxylic acids is 6. The number of carbonyl (C=O) groups is 6. The van der Waals surface area contributed by atoms with Gasteiger partial charge in [-0.2, -0.15) is 0 Å². The molecule has 0 aromatic rings. The fourth-order valence-electron chi connectivity index (χ4n) is 7.37. The first-order valence-corrected chi connectivity index (χ1v) is 17.4. The van der Waals surface area contributed by atoms with E-state index in [2.05, 4.69) is 34.5 Å². The number of hydrogen-bond donors (Lipinski definition) is 3. The number of hydrogen-bond acceptors (Lipinski definition) is 9. The van der Waals surface area contributed by atoms with Gasteiger partial charge in [-0.3, -0.25) is 24.0 Å². The maximum absolute atomic E-state index is 14.6. The molecule has 3 aliphatic rings. The normalized spacial score (nSPS) is 28.4.